The van der Waals surface area contributed by atoms with E-state index in [1.165, 1.54) is 12.0 Å². The molecule has 2 atom stereocenters. The quantitative estimate of drug-likeness (QED) is 0.833. The molecular formula is C15H16N2O. The number of piperidine rings is 1. The first-order valence-corrected chi connectivity index (χ1v) is 6.66. The molecule has 3 heterocycles. The Hall–Kier alpha value is -1.61. The van der Waals surface area contributed by atoms with Crippen LogP contribution < -0.4 is 5.32 Å². The van der Waals surface area contributed by atoms with Crippen molar-refractivity contribution in [2.45, 2.75) is 12.8 Å². The summed E-state index contributed by atoms with van der Waals surface area (Å²) in [5, 5.41) is 3.48. The predicted molar refractivity (Wildman–Crippen MR) is 71.1 cm³/mol. The number of nitrogens with one attached hydrogen (secondary N) is 1. The Labute approximate surface area is 106 Å². The third-order valence-corrected chi connectivity index (χ3v) is 4.17. The highest BCUT2D eigenvalue weighted by Crippen LogP contribution is 2.40. The zero-order valence-corrected chi connectivity index (χ0v) is 10.2. The van der Waals surface area contributed by atoms with Gasteiger partial charge in [0.1, 0.15) is 11.3 Å². The molecule has 4 rings (SSSR count). The van der Waals surface area contributed by atoms with E-state index in [2.05, 4.69) is 22.4 Å². The van der Waals surface area contributed by atoms with Crippen molar-refractivity contribution in [3.63, 3.8) is 0 Å². The van der Waals surface area contributed by atoms with Crippen molar-refractivity contribution in [2.75, 3.05) is 13.1 Å². The lowest BCUT2D eigenvalue weighted by molar-refractivity contribution is 0.324. The topological polar surface area (TPSA) is 38.1 Å². The molecule has 2 aliphatic rings. The van der Waals surface area contributed by atoms with E-state index in [-0.39, 0.29) is 0 Å². The number of allylic oxidation sites excluding steroid dienone is 2. The van der Waals surface area contributed by atoms with Crippen molar-refractivity contribution < 1.29 is 4.42 Å². The Morgan fingerprint density at radius 3 is 3.28 bits per heavy atom. The normalized spacial score (nSPS) is 27.2. The van der Waals surface area contributed by atoms with E-state index in [9.17, 15) is 0 Å². The Balaban J connectivity index is 1.70. The molecule has 0 unspecified atom stereocenters. The van der Waals surface area contributed by atoms with Crippen LogP contribution in [0, 0.1) is 11.8 Å². The molecular weight excluding hydrogens is 224 g/mol. The minimum absolute atomic E-state index is 0.738. The first-order valence-electron chi connectivity index (χ1n) is 6.66. The number of fused-ring (bicyclic) bond motifs is 2. The summed E-state index contributed by atoms with van der Waals surface area (Å²) in [6.07, 6.45) is 6.63. The minimum atomic E-state index is 0.738. The molecule has 1 saturated heterocycles. The van der Waals surface area contributed by atoms with Gasteiger partial charge in [0, 0.05) is 12.3 Å². The summed E-state index contributed by atoms with van der Waals surface area (Å²) < 4.78 is 5.91. The average Bonchev–Trinajstić information content (AvgIpc) is 3.02. The van der Waals surface area contributed by atoms with Gasteiger partial charge in [-0.2, -0.15) is 0 Å². The van der Waals surface area contributed by atoms with E-state index >= 15 is 0 Å². The molecule has 92 valence electrons. The van der Waals surface area contributed by atoms with Crippen LogP contribution in [0.3, 0.4) is 0 Å². The maximum absolute atomic E-state index is 5.91. The van der Waals surface area contributed by atoms with Crippen molar-refractivity contribution in [1.82, 2.24) is 10.3 Å². The van der Waals surface area contributed by atoms with Crippen LogP contribution in [0.15, 0.2) is 34.9 Å². The van der Waals surface area contributed by atoms with Crippen LogP contribution in [0.2, 0.25) is 0 Å². The molecule has 0 saturated carbocycles. The smallest absolute Gasteiger partial charge is 0.153 e. The zero-order valence-electron chi connectivity index (χ0n) is 10.2. The van der Waals surface area contributed by atoms with Gasteiger partial charge in [-0.1, -0.05) is 6.08 Å². The monoisotopic (exact) mass is 240 g/mol. The van der Waals surface area contributed by atoms with Crippen LogP contribution in [-0.2, 0) is 0 Å². The van der Waals surface area contributed by atoms with Gasteiger partial charge < -0.3 is 9.73 Å². The third kappa shape index (κ3) is 1.58. The number of nitrogens with zero attached hydrogens (tertiary/aromatic N) is 1. The van der Waals surface area contributed by atoms with E-state index in [0.717, 1.165) is 48.2 Å². The summed E-state index contributed by atoms with van der Waals surface area (Å²) in [4.78, 5) is 4.33. The number of pyridine rings is 1. The molecule has 3 nitrogen and oxygen atoms in total. The maximum Gasteiger partial charge on any atom is 0.153 e. The molecule has 0 amide bonds. The molecule has 2 aromatic heterocycles. The lowest BCUT2D eigenvalue weighted by Crippen LogP contribution is -2.33. The number of hydrogen-bond donors (Lipinski definition) is 1. The van der Waals surface area contributed by atoms with Crippen LogP contribution in [0.1, 0.15) is 18.6 Å². The van der Waals surface area contributed by atoms with E-state index in [1.807, 2.05) is 18.3 Å². The van der Waals surface area contributed by atoms with Crippen molar-refractivity contribution >= 4 is 16.7 Å². The van der Waals surface area contributed by atoms with Crippen LogP contribution in [0.25, 0.3) is 16.7 Å². The summed E-state index contributed by atoms with van der Waals surface area (Å²) >= 11 is 0. The zero-order chi connectivity index (χ0) is 11.9. The molecule has 2 aromatic rings. The van der Waals surface area contributed by atoms with Gasteiger partial charge in [-0.3, -0.25) is 4.98 Å². The van der Waals surface area contributed by atoms with Crippen molar-refractivity contribution in [3.05, 3.63) is 36.2 Å². The SMILES string of the molecule is C1=C(c2cc3ncccc3o2)C[C@@H]2CNCC[C@H]12. The third-order valence-electron chi connectivity index (χ3n) is 4.17. The molecule has 1 aliphatic carbocycles. The lowest BCUT2D eigenvalue weighted by Gasteiger charge is -2.25. The van der Waals surface area contributed by atoms with Gasteiger partial charge in [0.25, 0.3) is 0 Å². The molecule has 0 aromatic carbocycles. The van der Waals surface area contributed by atoms with Crippen LogP contribution in [0.4, 0.5) is 0 Å². The Morgan fingerprint density at radius 1 is 1.39 bits per heavy atom. The van der Waals surface area contributed by atoms with E-state index < -0.39 is 0 Å². The summed E-state index contributed by atoms with van der Waals surface area (Å²) in [5.41, 5.74) is 3.22. The van der Waals surface area contributed by atoms with Crippen LogP contribution in [-0.4, -0.2) is 18.1 Å². The lowest BCUT2D eigenvalue weighted by atomic mass is 9.89. The second kappa shape index (κ2) is 3.95. The molecule has 1 N–H and O–H groups in total. The van der Waals surface area contributed by atoms with E-state index in [1.54, 1.807) is 0 Å². The fourth-order valence-electron chi connectivity index (χ4n) is 3.21. The van der Waals surface area contributed by atoms with E-state index in [4.69, 9.17) is 4.42 Å². The molecule has 1 aliphatic heterocycles. The average molecular weight is 240 g/mol. The summed E-state index contributed by atoms with van der Waals surface area (Å²) in [6, 6.07) is 5.98. The second-order valence-corrected chi connectivity index (χ2v) is 5.31. The molecule has 18 heavy (non-hydrogen) atoms. The summed E-state index contributed by atoms with van der Waals surface area (Å²) in [6.45, 7) is 2.29. The van der Waals surface area contributed by atoms with Crippen LogP contribution >= 0.6 is 0 Å². The highest BCUT2D eigenvalue weighted by Gasteiger charge is 2.31. The first kappa shape index (κ1) is 10.3. The number of hydrogen-bond acceptors (Lipinski definition) is 3. The van der Waals surface area contributed by atoms with Crippen molar-refractivity contribution in [1.29, 1.82) is 0 Å². The molecule has 1 fully saturated rings. The fourth-order valence-corrected chi connectivity index (χ4v) is 3.21. The summed E-state index contributed by atoms with van der Waals surface area (Å²) in [5.74, 6) is 2.51. The Kier molecular flexibility index (Phi) is 2.27. The molecule has 0 radical (unpaired) electrons. The fraction of sp³-hybridized carbons (Fsp3) is 0.400. The van der Waals surface area contributed by atoms with Gasteiger partial charge in [-0.05, 0) is 55.5 Å². The van der Waals surface area contributed by atoms with Gasteiger partial charge in [0.05, 0.1) is 0 Å². The van der Waals surface area contributed by atoms with Gasteiger partial charge in [0.2, 0.25) is 0 Å². The maximum atomic E-state index is 5.91. The predicted octanol–water partition coefficient (Wildman–Crippen LogP) is 2.84. The molecule has 3 heteroatoms. The molecule has 0 bridgehead atoms. The number of aromatic nitrogens is 1. The highest BCUT2D eigenvalue weighted by molar-refractivity contribution is 5.78. The number of furan rings is 1. The Bertz CT molecular complexity index is 581. The molecule has 0 spiro atoms. The van der Waals surface area contributed by atoms with Gasteiger partial charge in [-0.15, -0.1) is 0 Å². The summed E-state index contributed by atoms with van der Waals surface area (Å²) in [7, 11) is 0. The van der Waals surface area contributed by atoms with Gasteiger partial charge >= 0.3 is 0 Å². The second-order valence-electron chi connectivity index (χ2n) is 5.31. The van der Waals surface area contributed by atoms with Crippen molar-refractivity contribution in [2.24, 2.45) is 11.8 Å². The standard InChI is InChI=1S/C15H16N2O/c1-2-14-13(17-4-1)8-15(18-14)11-6-10-3-5-16-9-12(10)7-11/h1-2,4,6,8,10,12,16H,3,5,7,9H2/t10-,12-/m1/s1. The van der Waals surface area contributed by atoms with Crippen LogP contribution in [0.5, 0.6) is 0 Å². The van der Waals surface area contributed by atoms with E-state index in [0.29, 0.717) is 0 Å². The first-order chi connectivity index (χ1) is 8.90. The Morgan fingerprint density at radius 2 is 2.39 bits per heavy atom. The highest BCUT2D eigenvalue weighted by atomic mass is 16.3. The van der Waals surface area contributed by atoms with Gasteiger partial charge in [-0.25, -0.2) is 0 Å². The number of rotatable bonds is 1. The van der Waals surface area contributed by atoms with Gasteiger partial charge in [0.15, 0.2) is 5.58 Å². The van der Waals surface area contributed by atoms with Crippen molar-refractivity contribution in [3.8, 4) is 0 Å². The largest absolute Gasteiger partial charge is 0.455 e. The minimum Gasteiger partial charge on any atom is -0.455 e.